The minimum absolute atomic E-state index is 0.273. The number of carbonyl (C=O) groups excluding carboxylic acids is 4. The molecule has 4 N–H and O–H groups in total. The molecule has 0 unspecified atom stereocenters. The maximum absolute atomic E-state index is 13.1. The van der Waals surface area contributed by atoms with Gasteiger partial charge in [0.05, 0.1) is 17.1 Å². The van der Waals surface area contributed by atoms with Crippen molar-refractivity contribution in [3.63, 3.8) is 0 Å². The lowest BCUT2D eigenvalue weighted by Gasteiger charge is -2.05. The summed E-state index contributed by atoms with van der Waals surface area (Å²) in [4.78, 5) is 55.7. The maximum atomic E-state index is 13.1. The number of aromatic nitrogens is 4. The van der Waals surface area contributed by atoms with Gasteiger partial charge in [0.15, 0.2) is 0 Å². The molecule has 230 valence electrons. The molecule has 0 aliphatic carbocycles. The van der Waals surface area contributed by atoms with Crippen molar-refractivity contribution in [1.29, 1.82) is 0 Å². The van der Waals surface area contributed by atoms with E-state index in [0.717, 1.165) is 5.69 Å². The first-order valence-electron chi connectivity index (χ1n) is 13.9. The number of anilines is 3. The van der Waals surface area contributed by atoms with Crippen LogP contribution in [0.2, 0.25) is 5.02 Å². The zero-order chi connectivity index (χ0) is 32.1. The minimum Gasteiger partial charge on any atom is -0.350 e. The van der Waals surface area contributed by atoms with Crippen LogP contribution < -0.4 is 21.3 Å². The van der Waals surface area contributed by atoms with Crippen LogP contribution in [-0.2, 0) is 27.6 Å². The van der Waals surface area contributed by atoms with Crippen molar-refractivity contribution in [3.8, 4) is 0 Å². The van der Waals surface area contributed by atoms with E-state index in [-0.39, 0.29) is 17.5 Å². The third kappa shape index (κ3) is 7.48. The summed E-state index contributed by atoms with van der Waals surface area (Å²) >= 11 is 5.98. The van der Waals surface area contributed by atoms with Crippen molar-refractivity contribution in [1.82, 2.24) is 24.0 Å². The van der Waals surface area contributed by atoms with Gasteiger partial charge in [0.2, 0.25) is 0 Å². The molecule has 0 saturated carbocycles. The van der Waals surface area contributed by atoms with E-state index in [1.165, 1.54) is 0 Å². The molecule has 45 heavy (non-hydrogen) atoms. The Hall–Kier alpha value is -5.62. The number of carbonyl (C=O) groups is 4. The topological polar surface area (TPSA) is 144 Å². The molecule has 5 aromatic rings. The number of pyridine rings is 1. The third-order valence-electron chi connectivity index (χ3n) is 6.97. The summed E-state index contributed by atoms with van der Waals surface area (Å²) in [6, 6.07) is 16.9. The molecule has 0 fully saturated rings. The van der Waals surface area contributed by atoms with Gasteiger partial charge in [-0.3, -0.25) is 24.2 Å². The van der Waals surface area contributed by atoms with Gasteiger partial charge in [0.1, 0.15) is 17.1 Å². The summed E-state index contributed by atoms with van der Waals surface area (Å²) in [6.45, 7) is 0.419. The molecule has 0 radical (unpaired) electrons. The number of nitrogens with zero attached hydrogens (tertiary/aromatic N) is 4. The molecular weight excluding hydrogens is 596 g/mol. The van der Waals surface area contributed by atoms with Gasteiger partial charge in [-0.15, -0.1) is 0 Å². The van der Waals surface area contributed by atoms with E-state index < -0.39 is 11.8 Å². The van der Waals surface area contributed by atoms with Crippen LogP contribution >= 0.6 is 11.6 Å². The molecule has 0 aliphatic heterocycles. The number of rotatable bonds is 10. The second kappa shape index (κ2) is 13.3. The molecule has 0 spiro atoms. The molecule has 0 saturated heterocycles. The Morgan fingerprint density at radius 1 is 0.667 bits per heavy atom. The monoisotopic (exact) mass is 626 g/mol. The molecule has 13 heteroatoms. The van der Waals surface area contributed by atoms with Crippen molar-refractivity contribution in [2.24, 2.45) is 21.1 Å². The van der Waals surface area contributed by atoms with Crippen LogP contribution in [0.3, 0.4) is 0 Å². The first-order chi connectivity index (χ1) is 21.6. The Balaban J connectivity index is 1.18. The van der Waals surface area contributed by atoms with Crippen LogP contribution in [0.15, 0.2) is 85.5 Å². The highest BCUT2D eigenvalue weighted by molar-refractivity contribution is 6.31. The summed E-state index contributed by atoms with van der Waals surface area (Å²) in [7, 11) is 5.09. The second-order valence-corrected chi connectivity index (χ2v) is 10.8. The van der Waals surface area contributed by atoms with Gasteiger partial charge in [-0.05, 0) is 48.5 Å². The number of hydrogen-bond acceptors (Lipinski definition) is 5. The third-order valence-corrected chi connectivity index (χ3v) is 7.20. The summed E-state index contributed by atoms with van der Waals surface area (Å²) in [5.74, 6) is -1.48. The molecule has 12 nitrogen and oxygen atoms in total. The van der Waals surface area contributed by atoms with Crippen LogP contribution in [0.25, 0.3) is 0 Å². The highest BCUT2D eigenvalue weighted by Gasteiger charge is 2.19. The highest BCUT2D eigenvalue weighted by Crippen LogP contribution is 2.20. The van der Waals surface area contributed by atoms with Crippen molar-refractivity contribution in [2.45, 2.75) is 6.42 Å². The van der Waals surface area contributed by atoms with E-state index in [9.17, 15) is 19.2 Å². The molecule has 0 atom stereocenters. The van der Waals surface area contributed by atoms with E-state index in [2.05, 4.69) is 26.3 Å². The van der Waals surface area contributed by atoms with Crippen molar-refractivity contribution < 1.29 is 19.2 Å². The Morgan fingerprint density at radius 2 is 1.20 bits per heavy atom. The lowest BCUT2D eigenvalue weighted by molar-refractivity contribution is 0.0943. The fourth-order valence-corrected chi connectivity index (χ4v) is 4.93. The van der Waals surface area contributed by atoms with Crippen LogP contribution in [-0.4, -0.2) is 48.9 Å². The number of halogens is 1. The van der Waals surface area contributed by atoms with Crippen molar-refractivity contribution in [2.75, 3.05) is 22.5 Å². The molecule has 1 aromatic carbocycles. The summed E-state index contributed by atoms with van der Waals surface area (Å²) in [5, 5.41) is 11.7. The van der Waals surface area contributed by atoms with Crippen molar-refractivity contribution in [3.05, 3.63) is 119 Å². The smallest absolute Gasteiger partial charge is 0.272 e. The van der Waals surface area contributed by atoms with Gasteiger partial charge in [0.25, 0.3) is 23.6 Å². The SMILES string of the molecule is Cn1cc(NC(=O)c2cc(NC(=O)c3cc(NC(=O)c4cccc(Cl)c4)cn3C)cn2C)cc1C(=O)NCCc1ccccn1. The zero-order valence-electron chi connectivity index (χ0n) is 24.8. The van der Waals surface area contributed by atoms with E-state index in [4.69, 9.17) is 11.6 Å². The Labute approximate surface area is 264 Å². The number of hydrogen-bond donors (Lipinski definition) is 4. The fraction of sp³-hybridized carbons (Fsp3) is 0.156. The fourth-order valence-electron chi connectivity index (χ4n) is 4.74. The number of aryl methyl sites for hydroxylation is 3. The van der Waals surface area contributed by atoms with Gasteiger partial charge in [-0.1, -0.05) is 23.7 Å². The largest absolute Gasteiger partial charge is 0.350 e. The van der Waals surface area contributed by atoms with Crippen LogP contribution in [0.1, 0.15) is 47.5 Å². The average Bonchev–Trinajstić information content (AvgIpc) is 3.68. The van der Waals surface area contributed by atoms with Crippen LogP contribution in [0, 0.1) is 0 Å². The number of benzene rings is 1. The molecule has 4 heterocycles. The lowest BCUT2D eigenvalue weighted by atomic mass is 10.2. The molecular formula is C32H31ClN8O4. The summed E-state index contributed by atoms with van der Waals surface area (Å²) in [5.41, 5.74) is 3.52. The van der Waals surface area contributed by atoms with Crippen LogP contribution in [0.5, 0.6) is 0 Å². The van der Waals surface area contributed by atoms with E-state index >= 15 is 0 Å². The normalized spacial score (nSPS) is 10.8. The van der Waals surface area contributed by atoms with Gasteiger partial charge in [0, 0.05) is 75.2 Å². The van der Waals surface area contributed by atoms with E-state index in [1.807, 2.05) is 18.2 Å². The van der Waals surface area contributed by atoms with E-state index in [1.54, 1.807) is 102 Å². The average molecular weight is 627 g/mol. The first kappa shape index (κ1) is 30.8. The molecule has 4 amide bonds. The van der Waals surface area contributed by atoms with Gasteiger partial charge >= 0.3 is 0 Å². The summed E-state index contributed by atoms with van der Waals surface area (Å²) in [6.07, 6.45) is 7.19. The van der Waals surface area contributed by atoms with Gasteiger partial charge in [-0.25, -0.2) is 0 Å². The molecule has 0 bridgehead atoms. The minimum atomic E-state index is -0.430. The first-order valence-corrected chi connectivity index (χ1v) is 14.3. The molecule has 5 rings (SSSR count). The van der Waals surface area contributed by atoms with Gasteiger partial charge in [-0.2, -0.15) is 0 Å². The standard InChI is InChI=1S/C32H31ClN8O4/c1-39-18-24(14-26(39)30(43)35-12-10-22-9-4-5-11-34-22)37-32(45)28-16-25(19-41(28)3)38-31(44)27-15-23(17-40(27)2)36-29(42)20-7-6-8-21(33)13-20/h4-9,11,13-19H,10,12H2,1-3H3,(H,35,43)(H,36,42)(H,37,45)(H,38,44). The summed E-state index contributed by atoms with van der Waals surface area (Å²) < 4.78 is 4.80. The molecule has 4 aromatic heterocycles. The number of amides is 4. The maximum Gasteiger partial charge on any atom is 0.272 e. The van der Waals surface area contributed by atoms with Crippen molar-refractivity contribution >= 4 is 52.3 Å². The zero-order valence-corrected chi connectivity index (χ0v) is 25.6. The van der Waals surface area contributed by atoms with Gasteiger partial charge < -0.3 is 35.0 Å². The Kier molecular flexibility index (Phi) is 9.14. The second-order valence-electron chi connectivity index (χ2n) is 10.4. The number of nitrogens with one attached hydrogen (secondary N) is 4. The molecule has 0 aliphatic rings. The van der Waals surface area contributed by atoms with Crippen LogP contribution in [0.4, 0.5) is 17.1 Å². The van der Waals surface area contributed by atoms with E-state index in [0.29, 0.717) is 52.0 Å². The predicted octanol–water partition coefficient (Wildman–Crippen LogP) is 4.48. The Morgan fingerprint density at radius 3 is 1.71 bits per heavy atom. The lowest BCUT2D eigenvalue weighted by Crippen LogP contribution is -2.27. The predicted molar refractivity (Wildman–Crippen MR) is 172 cm³/mol. The Bertz CT molecular complexity index is 1890. The highest BCUT2D eigenvalue weighted by atomic mass is 35.5. The quantitative estimate of drug-likeness (QED) is 0.181.